The van der Waals surface area contributed by atoms with Crippen LogP contribution in [0.25, 0.3) is 5.69 Å². The highest BCUT2D eigenvalue weighted by molar-refractivity contribution is 9.10. The molecule has 110 valence electrons. The Kier molecular flexibility index (Phi) is 4.32. The normalized spacial score (nSPS) is 10.6. The zero-order valence-electron chi connectivity index (χ0n) is 11.0. The second-order valence-corrected chi connectivity index (χ2v) is 5.16. The number of benzene rings is 1. The van der Waals surface area contributed by atoms with Crippen LogP contribution in [0.3, 0.4) is 0 Å². The maximum atomic E-state index is 11.2. The summed E-state index contributed by atoms with van der Waals surface area (Å²) in [5.41, 5.74) is 0.166. The van der Waals surface area contributed by atoms with Crippen LogP contribution in [0.5, 0.6) is 0 Å². The van der Waals surface area contributed by atoms with Crippen molar-refractivity contribution in [2.24, 2.45) is 0 Å². The van der Waals surface area contributed by atoms with E-state index in [1.807, 2.05) is 6.92 Å². The Hall–Kier alpha value is -2.29. The Labute approximate surface area is 127 Å². The minimum absolute atomic E-state index is 0.177. The van der Waals surface area contributed by atoms with Crippen molar-refractivity contribution in [1.82, 2.24) is 15.0 Å². The van der Waals surface area contributed by atoms with E-state index in [1.54, 1.807) is 6.07 Å². The van der Waals surface area contributed by atoms with Crippen LogP contribution >= 0.6 is 15.9 Å². The Morgan fingerprint density at radius 1 is 1.52 bits per heavy atom. The summed E-state index contributed by atoms with van der Waals surface area (Å²) in [5, 5.41) is 27.7. The first-order chi connectivity index (χ1) is 9.95. The van der Waals surface area contributed by atoms with E-state index in [0.29, 0.717) is 23.0 Å². The molecule has 1 N–H and O–H groups in total. The quantitative estimate of drug-likeness (QED) is 0.652. The maximum absolute atomic E-state index is 11.2. The van der Waals surface area contributed by atoms with E-state index < -0.39 is 10.9 Å². The van der Waals surface area contributed by atoms with Gasteiger partial charge in [-0.15, -0.1) is 5.10 Å². The number of carbonyl (C=O) groups is 1. The number of hydrogen-bond acceptors (Lipinski definition) is 5. The number of aromatic nitrogens is 3. The highest BCUT2D eigenvalue weighted by Gasteiger charge is 2.24. The molecule has 0 spiro atoms. The van der Waals surface area contributed by atoms with E-state index in [1.165, 1.54) is 16.8 Å². The van der Waals surface area contributed by atoms with E-state index in [0.717, 1.165) is 0 Å². The molecule has 0 radical (unpaired) electrons. The third-order valence-electron chi connectivity index (χ3n) is 2.81. The van der Waals surface area contributed by atoms with Crippen molar-refractivity contribution in [1.29, 1.82) is 0 Å². The number of halogens is 1. The van der Waals surface area contributed by atoms with Gasteiger partial charge in [0.25, 0.3) is 5.69 Å². The number of rotatable bonds is 5. The number of carboxylic acid groups (broad SMARTS) is 1. The molecular formula is C12H11BrN4O4. The third kappa shape index (κ3) is 2.92. The van der Waals surface area contributed by atoms with Crippen molar-refractivity contribution in [3.63, 3.8) is 0 Å². The van der Waals surface area contributed by atoms with Crippen LogP contribution in [0.1, 0.15) is 29.5 Å². The van der Waals surface area contributed by atoms with Crippen LogP contribution in [-0.2, 0) is 6.42 Å². The standard InChI is InChI=1S/C12H11BrN4O4/c1-2-3-9-11(12(18)19)14-15-16(9)8-5-4-7(13)6-10(8)17(20)21/h4-6H,2-3H2,1H3,(H,18,19). The molecule has 2 aromatic rings. The van der Waals surface area contributed by atoms with E-state index in [-0.39, 0.29) is 17.1 Å². The SMILES string of the molecule is CCCc1c(C(=O)O)nnn1-c1ccc(Br)cc1[N+](=O)[O-]. The summed E-state index contributed by atoms with van der Waals surface area (Å²) in [6.45, 7) is 1.87. The third-order valence-corrected chi connectivity index (χ3v) is 3.31. The topological polar surface area (TPSA) is 111 Å². The lowest BCUT2D eigenvalue weighted by Crippen LogP contribution is -2.08. The summed E-state index contributed by atoms with van der Waals surface area (Å²) >= 11 is 3.17. The largest absolute Gasteiger partial charge is 0.476 e. The highest BCUT2D eigenvalue weighted by Crippen LogP contribution is 2.28. The second kappa shape index (κ2) is 6.00. The van der Waals surface area contributed by atoms with Crippen LogP contribution in [0.4, 0.5) is 5.69 Å². The van der Waals surface area contributed by atoms with Crippen molar-refractivity contribution in [3.8, 4) is 5.69 Å². The van der Waals surface area contributed by atoms with Gasteiger partial charge in [0.05, 0.1) is 10.6 Å². The van der Waals surface area contributed by atoms with E-state index in [9.17, 15) is 14.9 Å². The van der Waals surface area contributed by atoms with Gasteiger partial charge >= 0.3 is 5.97 Å². The lowest BCUT2D eigenvalue weighted by Gasteiger charge is -2.07. The van der Waals surface area contributed by atoms with Gasteiger partial charge in [-0.3, -0.25) is 10.1 Å². The molecule has 8 nitrogen and oxygen atoms in total. The fraction of sp³-hybridized carbons (Fsp3) is 0.250. The summed E-state index contributed by atoms with van der Waals surface area (Å²) in [6.07, 6.45) is 1.07. The van der Waals surface area contributed by atoms with Crippen LogP contribution in [0.2, 0.25) is 0 Å². The van der Waals surface area contributed by atoms with Gasteiger partial charge in [-0.25, -0.2) is 9.48 Å². The number of aromatic carboxylic acids is 1. The monoisotopic (exact) mass is 354 g/mol. The Morgan fingerprint density at radius 2 is 2.24 bits per heavy atom. The molecular weight excluding hydrogens is 344 g/mol. The first-order valence-corrected chi connectivity index (χ1v) is 6.87. The molecule has 9 heteroatoms. The van der Waals surface area contributed by atoms with Gasteiger partial charge in [0.15, 0.2) is 5.69 Å². The number of hydrogen-bond donors (Lipinski definition) is 1. The molecule has 0 aliphatic rings. The number of carboxylic acids is 1. The van der Waals surface area contributed by atoms with Gasteiger partial charge in [0, 0.05) is 10.5 Å². The van der Waals surface area contributed by atoms with Crippen molar-refractivity contribution in [3.05, 3.63) is 44.2 Å². The van der Waals surface area contributed by atoms with Crippen molar-refractivity contribution in [2.75, 3.05) is 0 Å². The molecule has 0 saturated heterocycles. The lowest BCUT2D eigenvalue weighted by atomic mass is 10.2. The van der Waals surface area contributed by atoms with Crippen LogP contribution < -0.4 is 0 Å². The molecule has 0 aliphatic heterocycles. The first-order valence-electron chi connectivity index (χ1n) is 6.07. The average Bonchev–Trinajstić information content (AvgIpc) is 2.83. The molecule has 0 atom stereocenters. The summed E-state index contributed by atoms with van der Waals surface area (Å²) in [5.74, 6) is -1.20. The molecule has 1 heterocycles. The Bertz CT molecular complexity index is 713. The molecule has 21 heavy (non-hydrogen) atoms. The van der Waals surface area contributed by atoms with Crippen molar-refractivity contribution >= 4 is 27.6 Å². The van der Waals surface area contributed by atoms with E-state index in [4.69, 9.17) is 5.11 Å². The van der Waals surface area contributed by atoms with Crippen LogP contribution in [0, 0.1) is 10.1 Å². The predicted molar refractivity (Wildman–Crippen MR) is 76.7 cm³/mol. The van der Waals surface area contributed by atoms with Crippen molar-refractivity contribution < 1.29 is 14.8 Å². The zero-order valence-corrected chi connectivity index (χ0v) is 12.6. The van der Waals surface area contributed by atoms with Gasteiger partial charge in [-0.05, 0) is 18.6 Å². The summed E-state index contributed by atoms with van der Waals surface area (Å²) < 4.78 is 1.77. The van der Waals surface area contributed by atoms with E-state index >= 15 is 0 Å². The fourth-order valence-electron chi connectivity index (χ4n) is 1.94. The zero-order chi connectivity index (χ0) is 15.6. The second-order valence-electron chi connectivity index (χ2n) is 4.24. The highest BCUT2D eigenvalue weighted by atomic mass is 79.9. The molecule has 0 amide bonds. The fourth-order valence-corrected chi connectivity index (χ4v) is 2.29. The molecule has 0 aliphatic carbocycles. The molecule has 1 aromatic heterocycles. The predicted octanol–water partition coefficient (Wildman–Crippen LogP) is 2.59. The summed E-state index contributed by atoms with van der Waals surface area (Å²) in [6, 6.07) is 4.47. The molecule has 0 fully saturated rings. The van der Waals surface area contributed by atoms with Crippen LogP contribution in [0.15, 0.2) is 22.7 Å². The minimum atomic E-state index is -1.20. The Balaban J connectivity index is 2.67. The van der Waals surface area contributed by atoms with E-state index in [2.05, 4.69) is 26.2 Å². The molecule has 2 rings (SSSR count). The van der Waals surface area contributed by atoms with Gasteiger partial charge in [0.1, 0.15) is 5.69 Å². The first kappa shape index (κ1) is 15.1. The van der Waals surface area contributed by atoms with Crippen molar-refractivity contribution in [2.45, 2.75) is 19.8 Å². The Morgan fingerprint density at radius 3 is 2.81 bits per heavy atom. The average molecular weight is 355 g/mol. The summed E-state index contributed by atoms with van der Waals surface area (Å²) in [7, 11) is 0. The minimum Gasteiger partial charge on any atom is -0.476 e. The van der Waals surface area contributed by atoms with Gasteiger partial charge < -0.3 is 5.11 Å². The number of nitrogens with zero attached hydrogens (tertiary/aromatic N) is 4. The van der Waals surface area contributed by atoms with Gasteiger partial charge in [-0.2, -0.15) is 0 Å². The number of nitro groups is 1. The smallest absolute Gasteiger partial charge is 0.358 e. The number of nitro benzene ring substituents is 1. The molecule has 1 aromatic carbocycles. The van der Waals surface area contributed by atoms with Gasteiger partial charge in [-0.1, -0.05) is 34.5 Å². The van der Waals surface area contributed by atoms with Gasteiger partial charge in [0.2, 0.25) is 0 Å². The summed E-state index contributed by atoms with van der Waals surface area (Å²) in [4.78, 5) is 21.8. The molecule has 0 unspecified atom stereocenters. The van der Waals surface area contributed by atoms with Crippen LogP contribution in [-0.4, -0.2) is 31.0 Å². The maximum Gasteiger partial charge on any atom is 0.358 e. The lowest BCUT2D eigenvalue weighted by molar-refractivity contribution is -0.384. The molecule has 0 saturated carbocycles. The molecule has 0 bridgehead atoms.